The van der Waals surface area contributed by atoms with Gasteiger partial charge in [0.05, 0.1) is 5.69 Å². The molecule has 10 rings (SSSR count). The summed E-state index contributed by atoms with van der Waals surface area (Å²) in [6, 6.07) is 23.0. The standard InChI is InChI=1S/C17H12N2O3.C17H13NO4/c1-9-10-6-12-15(7-14(10)22-19-9)21-8-17(12)11-4-2-3-5-13(11)18-16(17)20;19-16-17(10-3-1-2-4-12(10)18-16)9-22-13-8-15-14(7-11(13)17)20-5-6-21-15/h2-7H,8H2,1H3,(H,18,20);1-4,7-8H,5-6,9H2,(H,18,19). The van der Waals surface area contributed by atoms with Crippen molar-refractivity contribution >= 4 is 34.2 Å². The number of nitrogens with one attached hydrogen (secondary N) is 2. The van der Waals surface area contributed by atoms with E-state index in [4.69, 9.17) is 23.5 Å². The van der Waals surface area contributed by atoms with Gasteiger partial charge in [-0.3, -0.25) is 9.59 Å². The summed E-state index contributed by atoms with van der Waals surface area (Å²) in [6.07, 6.45) is 0. The number of para-hydroxylation sites is 2. The lowest BCUT2D eigenvalue weighted by Gasteiger charge is -2.23. The van der Waals surface area contributed by atoms with Gasteiger partial charge in [-0.2, -0.15) is 0 Å². The van der Waals surface area contributed by atoms with Crippen molar-refractivity contribution in [2.75, 3.05) is 37.1 Å². The Labute approximate surface area is 250 Å². The highest BCUT2D eigenvalue weighted by atomic mass is 16.6. The molecule has 5 aromatic rings. The van der Waals surface area contributed by atoms with Crippen molar-refractivity contribution in [3.8, 4) is 23.0 Å². The molecule has 0 fully saturated rings. The quantitative estimate of drug-likeness (QED) is 0.264. The van der Waals surface area contributed by atoms with Crippen LogP contribution in [-0.2, 0) is 20.4 Å². The molecule has 0 saturated carbocycles. The van der Waals surface area contributed by atoms with Gasteiger partial charge < -0.3 is 34.1 Å². The molecule has 10 nitrogen and oxygen atoms in total. The van der Waals surface area contributed by atoms with Gasteiger partial charge in [-0.05, 0) is 42.3 Å². The zero-order valence-corrected chi connectivity index (χ0v) is 23.6. The molecule has 5 aliphatic rings. The van der Waals surface area contributed by atoms with E-state index in [9.17, 15) is 9.59 Å². The SMILES string of the molecule is Cc1noc2cc3c(cc12)C1(CO3)C(=O)Nc2ccccc21.O=C1Nc2ccccc2C12COc1cc3c(cc12)OCCO3. The van der Waals surface area contributed by atoms with Gasteiger partial charge in [0, 0.05) is 40.0 Å². The Morgan fingerprint density at radius 2 is 1.18 bits per heavy atom. The number of nitrogens with zero attached hydrogens (tertiary/aromatic N) is 1. The van der Waals surface area contributed by atoms with Crippen LogP contribution in [-0.4, -0.2) is 43.4 Å². The first-order chi connectivity index (χ1) is 21.5. The highest BCUT2D eigenvalue weighted by molar-refractivity contribution is 6.11. The first-order valence-corrected chi connectivity index (χ1v) is 14.4. The highest BCUT2D eigenvalue weighted by Gasteiger charge is 2.55. The Morgan fingerprint density at radius 1 is 0.636 bits per heavy atom. The molecular formula is C34H25N3O7. The summed E-state index contributed by atoms with van der Waals surface area (Å²) >= 11 is 0. The monoisotopic (exact) mass is 587 g/mol. The zero-order chi connectivity index (χ0) is 29.6. The third kappa shape index (κ3) is 3.17. The smallest absolute Gasteiger partial charge is 0.243 e. The van der Waals surface area contributed by atoms with Crippen molar-refractivity contribution in [2.45, 2.75) is 17.8 Å². The van der Waals surface area contributed by atoms with Gasteiger partial charge in [0.25, 0.3) is 0 Å². The molecule has 4 aromatic carbocycles. The molecule has 218 valence electrons. The Balaban J connectivity index is 0.000000123. The van der Waals surface area contributed by atoms with Crippen LogP contribution in [0.4, 0.5) is 11.4 Å². The maximum atomic E-state index is 12.7. The lowest BCUT2D eigenvalue weighted by atomic mass is 9.77. The second kappa shape index (κ2) is 8.76. The summed E-state index contributed by atoms with van der Waals surface area (Å²) < 4.78 is 28.2. The predicted molar refractivity (Wildman–Crippen MR) is 159 cm³/mol. The third-order valence-electron chi connectivity index (χ3n) is 9.25. The first kappa shape index (κ1) is 25.0. The van der Waals surface area contributed by atoms with Gasteiger partial charge >= 0.3 is 0 Å². The largest absolute Gasteiger partial charge is 0.491 e. The van der Waals surface area contributed by atoms with Crippen molar-refractivity contribution in [3.05, 3.63) is 101 Å². The number of anilines is 2. The number of fused-ring (bicyclic) bond motifs is 10. The van der Waals surface area contributed by atoms with Crippen LogP contribution in [0.25, 0.3) is 11.0 Å². The van der Waals surface area contributed by atoms with Crippen molar-refractivity contribution in [3.63, 3.8) is 0 Å². The molecule has 6 heterocycles. The number of rotatable bonds is 0. The molecular weight excluding hydrogens is 562 g/mol. The summed E-state index contributed by atoms with van der Waals surface area (Å²) in [4.78, 5) is 25.5. The minimum atomic E-state index is -0.790. The number of hydrogen-bond donors (Lipinski definition) is 2. The van der Waals surface area contributed by atoms with E-state index >= 15 is 0 Å². The van der Waals surface area contributed by atoms with E-state index in [-0.39, 0.29) is 11.8 Å². The Bertz CT molecular complexity index is 2070. The highest BCUT2D eigenvalue weighted by Crippen LogP contribution is 2.53. The fraction of sp³-hybridized carbons (Fsp3) is 0.206. The molecule has 2 atom stereocenters. The van der Waals surface area contributed by atoms with E-state index in [2.05, 4.69) is 15.8 Å². The van der Waals surface area contributed by atoms with Crippen LogP contribution in [0.5, 0.6) is 23.0 Å². The normalized spacial score (nSPS) is 22.8. The fourth-order valence-corrected chi connectivity index (χ4v) is 7.04. The van der Waals surface area contributed by atoms with Crippen LogP contribution < -0.4 is 29.6 Å². The summed E-state index contributed by atoms with van der Waals surface area (Å²) in [5.41, 5.74) is 5.28. The summed E-state index contributed by atoms with van der Waals surface area (Å²) in [6.45, 7) is 3.55. The molecule has 2 unspecified atom stereocenters. The number of amides is 2. The Morgan fingerprint density at radius 3 is 1.82 bits per heavy atom. The topological polar surface area (TPSA) is 121 Å². The number of hydrogen-bond acceptors (Lipinski definition) is 8. The average molecular weight is 588 g/mol. The molecule has 44 heavy (non-hydrogen) atoms. The lowest BCUT2D eigenvalue weighted by Crippen LogP contribution is -2.37. The minimum absolute atomic E-state index is 0.0408. The van der Waals surface area contributed by atoms with E-state index in [1.807, 2.05) is 79.7 Å². The van der Waals surface area contributed by atoms with Crippen LogP contribution in [0.1, 0.15) is 27.9 Å². The molecule has 0 aliphatic carbocycles. The molecule has 2 amide bonds. The van der Waals surface area contributed by atoms with Gasteiger partial charge in [0.1, 0.15) is 48.8 Å². The van der Waals surface area contributed by atoms with E-state index in [1.54, 1.807) is 0 Å². The average Bonchev–Trinajstić information content (AvgIpc) is 3.84. The second-order valence-corrected chi connectivity index (χ2v) is 11.5. The molecule has 0 bridgehead atoms. The molecule has 10 heteroatoms. The van der Waals surface area contributed by atoms with Gasteiger partial charge in [0.2, 0.25) is 11.8 Å². The number of benzene rings is 4. The van der Waals surface area contributed by atoms with Gasteiger partial charge in [0.15, 0.2) is 17.1 Å². The lowest BCUT2D eigenvalue weighted by molar-refractivity contribution is -0.120. The van der Waals surface area contributed by atoms with Crippen molar-refractivity contribution in [2.24, 2.45) is 0 Å². The van der Waals surface area contributed by atoms with E-state index in [0.29, 0.717) is 55.0 Å². The summed E-state index contributed by atoms with van der Waals surface area (Å²) in [7, 11) is 0. The van der Waals surface area contributed by atoms with Gasteiger partial charge in [-0.15, -0.1) is 0 Å². The molecule has 1 aromatic heterocycles. The van der Waals surface area contributed by atoms with Crippen LogP contribution in [0.15, 0.2) is 77.3 Å². The molecule has 0 radical (unpaired) electrons. The summed E-state index contributed by atoms with van der Waals surface area (Å²) in [5.74, 6) is 2.64. The van der Waals surface area contributed by atoms with Crippen LogP contribution >= 0.6 is 0 Å². The number of aromatic nitrogens is 1. The van der Waals surface area contributed by atoms with E-state index in [1.165, 1.54) is 0 Å². The number of ether oxygens (including phenoxy) is 4. The van der Waals surface area contributed by atoms with Crippen molar-refractivity contribution in [1.29, 1.82) is 0 Å². The third-order valence-corrected chi connectivity index (χ3v) is 9.25. The van der Waals surface area contributed by atoms with Gasteiger partial charge in [-0.1, -0.05) is 41.6 Å². The number of aryl methyl sites for hydroxylation is 1. The maximum Gasteiger partial charge on any atom is 0.243 e. The number of carbonyl (C=O) groups is 2. The predicted octanol–water partition coefficient (Wildman–Crippen LogP) is 4.86. The number of carbonyl (C=O) groups excluding carboxylic acids is 2. The zero-order valence-electron chi connectivity index (χ0n) is 23.6. The fourth-order valence-electron chi connectivity index (χ4n) is 7.04. The Hall–Kier alpha value is -5.51. The molecule has 0 saturated heterocycles. The van der Waals surface area contributed by atoms with Crippen LogP contribution in [0, 0.1) is 6.92 Å². The van der Waals surface area contributed by atoms with Crippen molar-refractivity contribution in [1.82, 2.24) is 5.16 Å². The van der Waals surface area contributed by atoms with Crippen LogP contribution in [0.3, 0.4) is 0 Å². The molecule has 5 aliphatic heterocycles. The minimum Gasteiger partial charge on any atom is -0.491 e. The van der Waals surface area contributed by atoms with E-state index < -0.39 is 10.8 Å². The molecule has 2 N–H and O–H groups in total. The van der Waals surface area contributed by atoms with Gasteiger partial charge in [-0.25, -0.2) is 0 Å². The van der Waals surface area contributed by atoms with Crippen LogP contribution in [0.2, 0.25) is 0 Å². The Kier molecular flexibility index (Phi) is 4.98. The first-order valence-electron chi connectivity index (χ1n) is 14.4. The maximum absolute atomic E-state index is 12.7. The molecule has 2 spiro atoms. The van der Waals surface area contributed by atoms with Crippen molar-refractivity contribution < 1.29 is 33.1 Å². The van der Waals surface area contributed by atoms with E-state index in [0.717, 1.165) is 44.7 Å². The summed E-state index contributed by atoms with van der Waals surface area (Å²) in [5, 5.41) is 10.8. The second-order valence-electron chi connectivity index (χ2n) is 11.5.